The molecule has 1 aromatic carbocycles. The molecule has 0 heterocycles. The first kappa shape index (κ1) is 15.9. The standard InChI is InChI=1S/C14H18ClF2NO/c1-10(2)18(7-3-6-15)14(19)8-11-4-5-12(16)9-13(11)17/h4-5,9-10H,3,6-8H2,1-2H3. The van der Waals surface area contributed by atoms with Gasteiger partial charge in [-0.05, 0) is 31.9 Å². The molecule has 0 aromatic heterocycles. The zero-order valence-corrected chi connectivity index (χ0v) is 11.9. The molecule has 19 heavy (non-hydrogen) atoms. The van der Waals surface area contributed by atoms with Gasteiger partial charge in [0.15, 0.2) is 0 Å². The Balaban J connectivity index is 2.75. The van der Waals surface area contributed by atoms with E-state index in [9.17, 15) is 13.6 Å². The molecule has 106 valence electrons. The van der Waals surface area contributed by atoms with E-state index in [1.807, 2.05) is 13.8 Å². The molecule has 0 fully saturated rings. The van der Waals surface area contributed by atoms with Crippen LogP contribution in [0.25, 0.3) is 0 Å². The maximum absolute atomic E-state index is 13.5. The molecule has 0 radical (unpaired) electrons. The van der Waals surface area contributed by atoms with Gasteiger partial charge in [-0.2, -0.15) is 0 Å². The van der Waals surface area contributed by atoms with Crippen LogP contribution in [0, 0.1) is 11.6 Å². The van der Waals surface area contributed by atoms with E-state index in [1.54, 1.807) is 4.90 Å². The summed E-state index contributed by atoms with van der Waals surface area (Å²) in [7, 11) is 0. The molecule has 1 amide bonds. The molecule has 0 unspecified atom stereocenters. The molecule has 0 saturated carbocycles. The summed E-state index contributed by atoms with van der Waals surface area (Å²) in [6, 6.07) is 3.28. The van der Waals surface area contributed by atoms with Crippen LogP contribution in [0.2, 0.25) is 0 Å². The highest BCUT2D eigenvalue weighted by Gasteiger charge is 2.18. The topological polar surface area (TPSA) is 20.3 Å². The second-order valence-electron chi connectivity index (χ2n) is 4.64. The molecule has 0 aliphatic carbocycles. The Bertz CT molecular complexity index is 437. The lowest BCUT2D eigenvalue weighted by Gasteiger charge is -2.26. The smallest absolute Gasteiger partial charge is 0.227 e. The quantitative estimate of drug-likeness (QED) is 0.735. The molecular formula is C14H18ClF2NO. The average Bonchev–Trinajstić information content (AvgIpc) is 2.33. The van der Waals surface area contributed by atoms with Gasteiger partial charge < -0.3 is 4.90 Å². The van der Waals surface area contributed by atoms with Gasteiger partial charge in [-0.3, -0.25) is 4.79 Å². The van der Waals surface area contributed by atoms with Crippen molar-refractivity contribution in [1.29, 1.82) is 0 Å². The van der Waals surface area contributed by atoms with Crippen LogP contribution in [0.1, 0.15) is 25.8 Å². The van der Waals surface area contributed by atoms with E-state index >= 15 is 0 Å². The van der Waals surface area contributed by atoms with E-state index < -0.39 is 11.6 Å². The van der Waals surface area contributed by atoms with Crippen molar-refractivity contribution >= 4 is 17.5 Å². The minimum Gasteiger partial charge on any atom is -0.340 e. The van der Waals surface area contributed by atoms with Crippen LogP contribution >= 0.6 is 11.6 Å². The number of nitrogens with zero attached hydrogens (tertiary/aromatic N) is 1. The van der Waals surface area contributed by atoms with Crippen LogP contribution in [0.15, 0.2) is 18.2 Å². The highest BCUT2D eigenvalue weighted by molar-refractivity contribution is 6.17. The van der Waals surface area contributed by atoms with E-state index in [0.717, 1.165) is 12.1 Å². The Morgan fingerprint density at radius 3 is 2.58 bits per heavy atom. The molecule has 0 atom stereocenters. The first-order valence-corrected chi connectivity index (χ1v) is 6.78. The van der Waals surface area contributed by atoms with Crippen molar-refractivity contribution in [2.45, 2.75) is 32.7 Å². The lowest BCUT2D eigenvalue weighted by atomic mass is 10.1. The number of carbonyl (C=O) groups is 1. The number of amides is 1. The number of carbonyl (C=O) groups excluding carboxylic acids is 1. The summed E-state index contributed by atoms with van der Waals surface area (Å²) < 4.78 is 26.3. The molecule has 0 aliphatic heterocycles. The summed E-state index contributed by atoms with van der Waals surface area (Å²) in [5, 5.41) is 0. The van der Waals surface area contributed by atoms with E-state index in [2.05, 4.69) is 0 Å². The summed E-state index contributed by atoms with van der Waals surface area (Å²) in [5.74, 6) is -1.03. The SMILES string of the molecule is CC(C)N(CCCCl)C(=O)Cc1ccc(F)cc1F. The number of rotatable bonds is 6. The first-order chi connectivity index (χ1) is 8.95. The Morgan fingerprint density at radius 1 is 1.37 bits per heavy atom. The monoisotopic (exact) mass is 289 g/mol. The van der Waals surface area contributed by atoms with Gasteiger partial charge >= 0.3 is 0 Å². The fourth-order valence-electron chi connectivity index (χ4n) is 1.83. The van der Waals surface area contributed by atoms with Crippen LogP contribution in [0.4, 0.5) is 8.78 Å². The van der Waals surface area contributed by atoms with Crippen LogP contribution in [-0.2, 0) is 11.2 Å². The summed E-state index contributed by atoms with van der Waals surface area (Å²) in [6.45, 7) is 4.34. The van der Waals surface area contributed by atoms with Gasteiger partial charge in [-0.25, -0.2) is 8.78 Å². The largest absolute Gasteiger partial charge is 0.340 e. The first-order valence-electron chi connectivity index (χ1n) is 6.25. The van der Waals surface area contributed by atoms with Crippen LogP contribution < -0.4 is 0 Å². The normalized spacial score (nSPS) is 10.8. The third kappa shape index (κ3) is 4.78. The van der Waals surface area contributed by atoms with Gasteiger partial charge in [0.2, 0.25) is 5.91 Å². The maximum Gasteiger partial charge on any atom is 0.227 e. The van der Waals surface area contributed by atoms with Crippen molar-refractivity contribution in [1.82, 2.24) is 4.90 Å². The molecule has 2 nitrogen and oxygen atoms in total. The predicted molar refractivity (Wildman–Crippen MR) is 72.2 cm³/mol. The molecule has 5 heteroatoms. The van der Waals surface area contributed by atoms with Gasteiger partial charge in [-0.15, -0.1) is 11.6 Å². The van der Waals surface area contributed by atoms with Gasteiger partial charge in [0.05, 0.1) is 6.42 Å². The zero-order chi connectivity index (χ0) is 14.4. The van der Waals surface area contributed by atoms with Gasteiger partial charge in [-0.1, -0.05) is 6.07 Å². The van der Waals surface area contributed by atoms with Crippen LogP contribution in [0.3, 0.4) is 0 Å². The van der Waals surface area contributed by atoms with Crippen molar-refractivity contribution < 1.29 is 13.6 Å². The average molecular weight is 290 g/mol. The van der Waals surface area contributed by atoms with E-state index in [1.165, 1.54) is 6.07 Å². The fourth-order valence-corrected chi connectivity index (χ4v) is 1.95. The molecule has 0 N–H and O–H groups in total. The highest BCUT2D eigenvalue weighted by atomic mass is 35.5. The van der Waals surface area contributed by atoms with Crippen molar-refractivity contribution in [3.8, 4) is 0 Å². The lowest BCUT2D eigenvalue weighted by molar-refractivity contribution is -0.132. The summed E-state index contributed by atoms with van der Waals surface area (Å²) >= 11 is 5.62. The molecule has 0 bridgehead atoms. The Labute approximate surface area is 117 Å². The molecule has 0 aliphatic rings. The van der Waals surface area contributed by atoms with Crippen LogP contribution in [0.5, 0.6) is 0 Å². The van der Waals surface area contributed by atoms with E-state index in [4.69, 9.17) is 11.6 Å². The van der Waals surface area contributed by atoms with Crippen LogP contribution in [-0.4, -0.2) is 29.3 Å². The predicted octanol–water partition coefficient (Wildman–Crippen LogP) is 3.37. The summed E-state index contributed by atoms with van der Waals surface area (Å²) in [5.41, 5.74) is 0.211. The van der Waals surface area contributed by atoms with Gasteiger partial charge in [0, 0.05) is 24.5 Å². The van der Waals surface area contributed by atoms with Crippen molar-refractivity contribution in [2.24, 2.45) is 0 Å². The van der Waals surface area contributed by atoms with E-state index in [0.29, 0.717) is 18.8 Å². The highest BCUT2D eigenvalue weighted by Crippen LogP contribution is 2.13. The van der Waals surface area contributed by atoms with Crippen molar-refractivity contribution in [3.63, 3.8) is 0 Å². The summed E-state index contributed by atoms with van der Waals surface area (Å²) in [4.78, 5) is 13.8. The summed E-state index contributed by atoms with van der Waals surface area (Å²) in [6.07, 6.45) is 0.629. The third-order valence-corrected chi connectivity index (χ3v) is 3.10. The minimum atomic E-state index is -0.686. The lowest BCUT2D eigenvalue weighted by Crippen LogP contribution is -2.39. The number of benzene rings is 1. The van der Waals surface area contributed by atoms with E-state index in [-0.39, 0.29) is 23.9 Å². The number of hydrogen-bond donors (Lipinski definition) is 0. The zero-order valence-electron chi connectivity index (χ0n) is 11.1. The molecule has 1 aromatic rings. The molecule has 0 saturated heterocycles. The number of hydrogen-bond acceptors (Lipinski definition) is 1. The maximum atomic E-state index is 13.5. The molecule has 0 spiro atoms. The molecular weight excluding hydrogens is 272 g/mol. The Kier molecular flexibility index (Phi) is 6.22. The van der Waals surface area contributed by atoms with Crippen molar-refractivity contribution in [2.75, 3.05) is 12.4 Å². The van der Waals surface area contributed by atoms with Gasteiger partial charge in [0.25, 0.3) is 0 Å². The second-order valence-corrected chi connectivity index (χ2v) is 5.01. The van der Waals surface area contributed by atoms with Crippen molar-refractivity contribution in [3.05, 3.63) is 35.4 Å². The van der Waals surface area contributed by atoms with Gasteiger partial charge in [0.1, 0.15) is 11.6 Å². The Morgan fingerprint density at radius 2 is 2.05 bits per heavy atom. The number of alkyl halides is 1. The minimum absolute atomic E-state index is 0.0271. The third-order valence-electron chi connectivity index (χ3n) is 2.83. The second kappa shape index (κ2) is 7.43. The number of halogens is 3. The fraction of sp³-hybridized carbons (Fsp3) is 0.500. The Hall–Kier alpha value is -1.16. The molecule has 1 rings (SSSR count).